The third-order valence-corrected chi connectivity index (χ3v) is 5.35. The first-order chi connectivity index (χ1) is 11.3. The molecule has 0 aromatic heterocycles. The lowest BCUT2D eigenvalue weighted by molar-refractivity contribution is 0.796. The van der Waals surface area contributed by atoms with Gasteiger partial charge >= 0.3 is 0 Å². The average molecular weight is 363 g/mol. The van der Waals surface area contributed by atoms with Crippen molar-refractivity contribution in [1.82, 2.24) is 0 Å². The van der Waals surface area contributed by atoms with E-state index < -0.39 is 0 Å². The van der Waals surface area contributed by atoms with Crippen molar-refractivity contribution in [3.05, 3.63) is 70.7 Å². The number of benzene rings is 4. The molecule has 4 aromatic rings. The SMILES string of the molecule is CCCCc1ccc2c3ccccc3c3cccc(Br)c3c2c1. The van der Waals surface area contributed by atoms with Crippen molar-refractivity contribution in [2.45, 2.75) is 26.2 Å². The maximum Gasteiger partial charge on any atom is 0.0260 e. The molecule has 1 heteroatoms. The van der Waals surface area contributed by atoms with Gasteiger partial charge in [-0.2, -0.15) is 0 Å². The van der Waals surface area contributed by atoms with Gasteiger partial charge in [0.1, 0.15) is 0 Å². The van der Waals surface area contributed by atoms with Gasteiger partial charge in [-0.1, -0.05) is 83.9 Å². The molecule has 0 aliphatic heterocycles. The van der Waals surface area contributed by atoms with Gasteiger partial charge in [-0.05, 0) is 51.4 Å². The van der Waals surface area contributed by atoms with E-state index in [9.17, 15) is 0 Å². The zero-order valence-electron chi connectivity index (χ0n) is 13.3. The lowest BCUT2D eigenvalue weighted by atomic mass is 9.92. The van der Waals surface area contributed by atoms with E-state index >= 15 is 0 Å². The predicted molar refractivity (Wildman–Crippen MR) is 105 cm³/mol. The van der Waals surface area contributed by atoms with Gasteiger partial charge in [0, 0.05) is 9.86 Å². The molecule has 0 saturated heterocycles. The topological polar surface area (TPSA) is 0 Å². The van der Waals surface area contributed by atoms with Crippen molar-refractivity contribution >= 4 is 48.2 Å². The summed E-state index contributed by atoms with van der Waals surface area (Å²) < 4.78 is 1.18. The Hall–Kier alpha value is -1.86. The summed E-state index contributed by atoms with van der Waals surface area (Å²) in [6, 6.07) is 22.2. The van der Waals surface area contributed by atoms with Crippen molar-refractivity contribution in [1.29, 1.82) is 0 Å². The highest BCUT2D eigenvalue weighted by molar-refractivity contribution is 9.10. The van der Waals surface area contributed by atoms with Crippen molar-refractivity contribution in [3.8, 4) is 0 Å². The third kappa shape index (κ3) is 2.44. The smallest absolute Gasteiger partial charge is 0.0260 e. The average Bonchev–Trinajstić information content (AvgIpc) is 2.60. The van der Waals surface area contributed by atoms with E-state index in [0.717, 1.165) is 6.42 Å². The fourth-order valence-electron chi connectivity index (χ4n) is 3.54. The second-order valence-electron chi connectivity index (χ2n) is 6.19. The molecule has 0 atom stereocenters. The molecule has 0 fully saturated rings. The van der Waals surface area contributed by atoms with Gasteiger partial charge in [0.2, 0.25) is 0 Å². The first-order valence-corrected chi connectivity index (χ1v) is 9.10. The molecule has 4 rings (SSSR count). The molecule has 0 unspecified atom stereocenters. The molecule has 0 bridgehead atoms. The van der Waals surface area contributed by atoms with E-state index in [-0.39, 0.29) is 0 Å². The van der Waals surface area contributed by atoms with Crippen LogP contribution in [-0.4, -0.2) is 0 Å². The van der Waals surface area contributed by atoms with Gasteiger partial charge in [0.05, 0.1) is 0 Å². The molecule has 0 amide bonds. The molecule has 0 aliphatic carbocycles. The zero-order chi connectivity index (χ0) is 15.8. The molecular formula is C22H19Br. The van der Waals surface area contributed by atoms with Gasteiger partial charge in [-0.15, -0.1) is 0 Å². The molecule has 0 nitrogen and oxygen atoms in total. The van der Waals surface area contributed by atoms with Gasteiger partial charge in [0.15, 0.2) is 0 Å². The minimum Gasteiger partial charge on any atom is -0.0654 e. The monoisotopic (exact) mass is 362 g/mol. The molecule has 0 radical (unpaired) electrons. The van der Waals surface area contributed by atoms with Crippen LogP contribution in [0.1, 0.15) is 25.3 Å². The van der Waals surface area contributed by atoms with E-state index in [1.165, 1.54) is 55.2 Å². The van der Waals surface area contributed by atoms with Crippen LogP contribution in [0.3, 0.4) is 0 Å². The molecule has 0 N–H and O–H groups in total. The van der Waals surface area contributed by atoms with Crippen LogP contribution in [0.2, 0.25) is 0 Å². The molecule has 23 heavy (non-hydrogen) atoms. The molecule has 114 valence electrons. The Morgan fingerprint density at radius 2 is 1.43 bits per heavy atom. The number of fused-ring (bicyclic) bond motifs is 6. The maximum atomic E-state index is 3.78. The summed E-state index contributed by atoms with van der Waals surface area (Å²) in [6.45, 7) is 2.25. The Morgan fingerprint density at radius 1 is 0.739 bits per heavy atom. The zero-order valence-corrected chi connectivity index (χ0v) is 14.9. The van der Waals surface area contributed by atoms with Gasteiger partial charge in [-0.3, -0.25) is 0 Å². The molecule has 0 spiro atoms. The van der Waals surface area contributed by atoms with Crippen LogP contribution in [0.4, 0.5) is 0 Å². The summed E-state index contributed by atoms with van der Waals surface area (Å²) in [5.41, 5.74) is 1.44. The summed E-state index contributed by atoms with van der Waals surface area (Å²) in [4.78, 5) is 0. The number of halogens is 1. The van der Waals surface area contributed by atoms with E-state index in [0.29, 0.717) is 0 Å². The summed E-state index contributed by atoms with van der Waals surface area (Å²) in [5, 5.41) is 8.04. The highest BCUT2D eigenvalue weighted by Crippen LogP contribution is 2.38. The Bertz CT molecular complexity index is 1010. The summed E-state index contributed by atoms with van der Waals surface area (Å²) >= 11 is 3.78. The van der Waals surface area contributed by atoms with Crippen molar-refractivity contribution in [2.75, 3.05) is 0 Å². The van der Waals surface area contributed by atoms with Crippen LogP contribution in [0, 0.1) is 0 Å². The lowest BCUT2D eigenvalue weighted by Gasteiger charge is -2.13. The molecule has 4 aromatic carbocycles. The van der Waals surface area contributed by atoms with Gasteiger partial charge < -0.3 is 0 Å². The van der Waals surface area contributed by atoms with E-state index in [1.807, 2.05) is 0 Å². The maximum absolute atomic E-state index is 3.78. The fraction of sp³-hybridized carbons (Fsp3) is 0.182. The number of hydrogen-bond acceptors (Lipinski definition) is 0. The number of rotatable bonds is 3. The number of unbranched alkanes of at least 4 members (excludes halogenated alkanes) is 1. The van der Waals surface area contributed by atoms with Crippen LogP contribution >= 0.6 is 15.9 Å². The number of hydrogen-bond donors (Lipinski definition) is 0. The molecule has 0 saturated carbocycles. The van der Waals surface area contributed by atoms with E-state index in [4.69, 9.17) is 0 Å². The Balaban J connectivity index is 2.17. The van der Waals surface area contributed by atoms with Crippen LogP contribution < -0.4 is 0 Å². The molecule has 0 aliphatic rings. The lowest BCUT2D eigenvalue weighted by Crippen LogP contribution is -1.88. The van der Waals surface area contributed by atoms with Crippen LogP contribution in [0.5, 0.6) is 0 Å². The van der Waals surface area contributed by atoms with Crippen molar-refractivity contribution < 1.29 is 0 Å². The Labute approximate surface area is 145 Å². The minimum absolute atomic E-state index is 1.16. The first kappa shape index (κ1) is 14.7. The van der Waals surface area contributed by atoms with Gasteiger partial charge in [0.25, 0.3) is 0 Å². The normalized spacial score (nSPS) is 11.6. The second-order valence-corrected chi connectivity index (χ2v) is 7.05. The summed E-state index contributed by atoms with van der Waals surface area (Å²) in [5.74, 6) is 0. The number of aryl methyl sites for hydroxylation is 1. The molecule has 0 heterocycles. The second kappa shape index (κ2) is 5.98. The van der Waals surface area contributed by atoms with E-state index in [2.05, 4.69) is 83.5 Å². The highest BCUT2D eigenvalue weighted by Gasteiger charge is 2.10. The summed E-state index contributed by atoms with van der Waals surface area (Å²) in [7, 11) is 0. The largest absolute Gasteiger partial charge is 0.0654 e. The Morgan fingerprint density at radius 3 is 2.22 bits per heavy atom. The first-order valence-electron chi connectivity index (χ1n) is 8.31. The standard InChI is InChI=1S/C22H19Br/c1-2-3-7-15-12-13-18-16-8-4-5-9-17(16)19-10-6-11-21(23)22(19)20(18)14-15/h4-6,8-14H,2-3,7H2,1H3. The third-order valence-electron chi connectivity index (χ3n) is 4.69. The quantitative estimate of drug-likeness (QED) is 0.336. The molecular weight excluding hydrogens is 344 g/mol. The Kier molecular flexibility index (Phi) is 3.82. The van der Waals surface area contributed by atoms with Crippen molar-refractivity contribution in [2.24, 2.45) is 0 Å². The summed E-state index contributed by atoms with van der Waals surface area (Å²) in [6.07, 6.45) is 3.64. The van der Waals surface area contributed by atoms with Crippen LogP contribution in [0.15, 0.2) is 65.1 Å². The minimum atomic E-state index is 1.16. The predicted octanol–water partition coefficient (Wildman–Crippen LogP) is 7.25. The van der Waals surface area contributed by atoms with Crippen LogP contribution in [0.25, 0.3) is 32.3 Å². The van der Waals surface area contributed by atoms with Crippen molar-refractivity contribution in [3.63, 3.8) is 0 Å². The van der Waals surface area contributed by atoms with E-state index in [1.54, 1.807) is 0 Å². The van der Waals surface area contributed by atoms with Crippen LogP contribution in [-0.2, 0) is 6.42 Å². The highest BCUT2D eigenvalue weighted by atomic mass is 79.9. The fourth-order valence-corrected chi connectivity index (χ4v) is 4.12. The van der Waals surface area contributed by atoms with Gasteiger partial charge in [-0.25, -0.2) is 0 Å².